The molecule has 1 saturated carbocycles. The van der Waals surface area contributed by atoms with Crippen molar-refractivity contribution < 1.29 is 19.4 Å². The van der Waals surface area contributed by atoms with Crippen LogP contribution in [0.25, 0.3) is 0 Å². The Kier molecular flexibility index (Phi) is 5.60. The summed E-state index contributed by atoms with van der Waals surface area (Å²) in [4.78, 5) is 22.0. The second-order valence-corrected chi connectivity index (χ2v) is 5.42. The van der Waals surface area contributed by atoms with E-state index in [1.807, 2.05) is 0 Å². The van der Waals surface area contributed by atoms with Crippen LogP contribution in [-0.4, -0.2) is 30.1 Å². The maximum absolute atomic E-state index is 11.7. The van der Waals surface area contributed by atoms with E-state index >= 15 is 0 Å². The topological polar surface area (TPSA) is 75.6 Å². The fraction of sp³-hybridized carbons (Fsp3) is 0.500. The molecule has 2 N–H and O–H groups in total. The molecule has 0 aliphatic heterocycles. The predicted octanol–water partition coefficient (Wildman–Crippen LogP) is 2.46. The Morgan fingerprint density at radius 3 is 2.43 bits per heavy atom. The number of carbonyl (C=O) groups is 2. The third-order valence-electron chi connectivity index (χ3n) is 3.73. The van der Waals surface area contributed by atoms with Gasteiger partial charge in [0.15, 0.2) is 0 Å². The number of hydrogen-bond donors (Lipinski definition) is 2. The van der Waals surface area contributed by atoms with Crippen molar-refractivity contribution in [2.45, 2.75) is 32.1 Å². The minimum Gasteiger partial charge on any atom is -0.493 e. The molecule has 5 heteroatoms. The lowest BCUT2D eigenvalue weighted by molar-refractivity contribution is -0.135. The third kappa shape index (κ3) is 5.10. The van der Waals surface area contributed by atoms with Crippen LogP contribution in [0.15, 0.2) is 24.3 Å². The van der Waals surface area contributed by atoms with Crippen LogP contribution in [-0.2, 0) is 4.79 Å². The van der Waals surface area contributed by atoms with Crippen LogP contribution >= 0.6 is 0 Å². The molecule has 2 rings (SSSR count). The first-order chi connectivity index (χ1) is 10.1. The van der Waals surface area contributed by atoms with Crippen LogP contribution in [0.2, 0.25) is 0 Å². The molecule has 0 spiro atoms. The van der Waals surface area contributed by atoms with E-state index in [0.29, 0.717) is 11.5 Å². The van der Waals surface area contributed by atoms with Crippen LogP contribution in [0.1, 0.15) is 42.5 Å². The SMILES string of the molecule is O=C(O)CNC(=O)c1ccc(OCC2CCCCC2)cc1. The number of hydrogen-bond acceptors (Lipinski definition) is 3. The largest absolute Gasteiger partial charge is 0.493 e. The summed E-state index contributed by atoms with van der Waals surface area (Å²) in [5.41, 5.74) is 0.432. The van der Waals surface area contributed by atoms with Gasteiger partial charge in [-0.05, 0) is 43.0 Å². The molecular formula is C16H21NO4. The van der Waals surface area contributed by atoms with Crippen LogP contribution in [0.5, 0.6) is 5.75 Å². The normalized spacial score (nSPS) is 15.4. The molecule has 0 saturated heterocycles. The summed E-state index contributed by atoms with van der Waals surface area (Å²) in [6, 6.07) is 6.79. The Bertz CT molecular complexity index is 478. The Morgan fingerprint density at radius 1 is 1.14 bits per heavy atom. The van der Waals surface area contributed by atoms with Crippen molar-refractivity contribution in [3.05, 3.63) is 29.8 Å². The van der Waals surface area contributed by atoms with Gasteiger partial charge in [0.05, 0.1) is 6.61 Å². The molecule has 1 fully saturated rings. The van der Waals surface area contributed by atoms with Crippen LogP contribution in [0, 0.1) is 5.92 Å². The van der Waals surface area contributed by atoms with E-state index in [9.17, 15) is 9.59 Å². The lowest BCUT2D eigenvalue weighted by Crippen LogP contribution is -2.29. The standard InChI is InChI=1S/C16H21NO4/c18-15(19)10-17-16(20)13-6-8-14(9-7-13)21-11-12-4-2-1-3-5-12/h6-9,12H,1-5,10-11H2,(H,17,20)(H,18,19). The van der Waals surface area contributed by atoms with E-state index in [0.717, 1.165) is 12.4 Å². The summed E-state index contributed by atoms with van der Waals surface area (Å²) in [5, 5.41) is 10.8. The first-order valence-electron chi connectivity index (χ1n) is 7.38. The number of nitrogens with one attached hydrogen (secondary N) is 1. The van der Waals surface area contributed by atoms with E-state index in [1.54, 1.807) is 24.3 Å². The van der Waals surface area contributed by atoms with Gasteiger partial charge in [0.1, 0.15) is 12.3 Å². The first kappa shape index (κ1) is 15.4. The fourth-order valence-electron chi connectivity index (χ4n) is 2.53. The highest BCUT2D eigenvalue weighted by molar-refractivity contribution is 5.95. The zero-order chi connectivity index (χ0) is 15.1. The molecular weight excluding hydrogens is 270 g/mol. The van der Waals surface area contributed by atoms with Crippen molar-refractivity contribution >= 4 is 11.9 Å². The van der Waals surface area contributed by atoms with Gasteiger partial charge in [-0.15, -0.1) is 0 Å². The van der Waals surface area contributed by atoms with E-state index in [2.05, 4.69) is 5.32 Å². The quantitative estimate of drug-likeness (QED) is 0.844. The predicted molar refractivity (Wildman–Crippen MR) is 78.5 cm³/mol. The van der Waals surface area contributed by atoms with Crippen molar-refractivity contribution in [1.82, 2.24) is 5.32 Å². The first-order valence-corrected chi connectivity index (χ1v) is 7.38. The number of carbonyl (C=O) groups excluding carboxylic acids is 1. The maximum atomic E-state index is 11.7. The number of rotatable bonds is 6. The number of carboxylic acid groups (broad SMARTS) is 1. The fourth-order valence-corrected chi connectivity index (χ4v) is 2.53. The Morgan fingerprint density at radius 2 is 1.81 bits per heavy atom. The molecule has 0 bridgehead atoms. The van der Waals surface area contributed by atoms with Crippen LogP contribution < -0.4 is 10.1 Å². The van der Waals surface area contributed by atoms with Gasteiger partial charge < -0.3 is 15.2 Å². The van der Waals surface area contributed by atoms with E-state index in [-0.39, 0.29) is 6.54 Å². The third-order valence-corrected chi connectivity index (χ3v) is 3.73. The molecule has 21 heavy (non-hydrogen) atoms. The highest BCUT2D eigenvalue weighted by Crippen LogP contribution is 2.24. The highest BCUT2D eigenvalue weighted by atomic mass is 16.5. The monoisotopic (exact) mass is 291 g/mol. The van der Waals surface area contributed by atoms with Crippen molar-refractivity contribution in [2.24, 2.45) is 5.92 Å². The van der Waals surface area contributed by atoms with Crippen LogP contribution in [0.3, 0.4) is 0 Å². The molecule has 0 atom stereocenters. The molecule has 1 aliphatic rings. The molecule has 1 aromatic rings. The van der Waals surface area contributed by atoms with Gasteiger partial charge in [-0.25, -0.2) is 0 Å². The molecule has 114 valence electrons. The Labute approximate surface area is 124 Å². The van der Waals surface area contributed by atoms with Gasteiger partial charge >= 0.3 is 5.97 Å². The van der Waals surface area contributed by atoms with Crippen LogP contribution in [0.4, 0.5) is 0 Å². The molecule has 1 aliphatic carbocycles. The number of amides is 1. The molecule has 0 unspecified atom stereocenters. The summed E-state index contributed by atoms with van der Waals surface area (Å²) < 4.78 is 5.75. The molecule has 0 heterocycles. The molecule has 1 aromatic carbocycles. The maximum Gasteiger partial charge on any atom is 0.322 e. The number of carboxylic acids is 1. The van der Waals surface area contributed by atoms with Gasteiger partial charge in [0.25, 0.3) is 5.91 Å². The minimum atomic E-state index is -1.06. The average molecular weight is 291 g/mol. The highest BCUT2D eigenvalue weighted by Gasteiger charge is 2.14. The van der Waals surface area contributed by atoms with E-state index in [4.69, 9.17) is 9.84 Å². The van der Waals surface area contributed by atoms with E-state index < -0.39 is 11.9 Å². The Hall–Kier alpha value is -2.04. The summed E-state index contributed by atoms with van der Waals surface area (Å²) in [5.74, 6) is -0.0698. The van der Waals surface area contributed by atoms with Crippen molar-refractivity contribution in [1.29, 1.82) is 0 Å². The second kappa shape index (κ2) is 7.67. The van der Waals surface area contributed by atoms with Gasteiger partial charge in [0.2, 0.25) is 0 Å². The molecule has 0 radical (unpaired) electrons. The minimum absolute atomic E-state index is 0.376. The smallest absolute Gasteiger partial charge is 0.322 e. The van der Waals surface area contributed by atoms with E-state index in [1.165, 1.54) is 32.1 Å². The van der Waals surface area contributed by atoms with Crippen molar-refractivity contribution in [3.8, 4) is 5.75 Å². The molecule has 5 nitrogen and oxygen atoms in total. The van der Waals surface area contributed by atoms with Gasteiger partial charge in [-0.1, -0.05) is 19.3 Å². The lowest BCUT2D eigenvalue weighted by Gasteiger charge is -2.21. The van der Waals surface area contributed by atoms with Gasteiger partial charge in [-0.3, -0.25) is 9.59 Å². The number of ether oxygens (including phenoxy) is 1. The average Bonchev–Trinajstić information content (AvgIpc) is 2.52. The summed E-state index contributed by atoms with van der Waals surface area (Å²) >= 11 is 0. The lowest BCUT2D eigenvalue weighted by atomic mass is 9.90. The van der Waals surface area contributed by atoms with Gasteiger partial charge in [-0.2, -0.15) is 0 Å². The zero-order valence-corrected chi connectivity index (χ0v) is 12.0. The van der Waals surface area contributed by atoms with Gasteiger partial charge in [0, 0.05) is 5.56 Å². The second-order valence-electron chi connectivity index (χ2n) is 5.42. The molecule has 0 aromatic heterocycles. The summed E-state index contributed by atoms with van der Waals surface area (Å²) in [6.45, 7) is 0.351. The summed E-state index contributed by atoms with van der Waals surface area (Å²) in [6.07, 6.45) is 6.37. The van der Waals surface area contributed by atoms with Crippen molar-refractivity contribution in [2.75, 3.05) is 13.2 Å². The van der Waals surface area contributed by atoms with Crippen molar-refractivity contribution in [3.63, 3.8) is 0 Å². The number of benzene rings is 1. The zero-order valence-electron chi connectivity index (χ0n) is 12.0. The molecule has 1 amide bonds. The Balaban J connectivity index is 1.80. The number of aliphatic carboxylic acids is 1. The summed E-state index contributed by atoms with van der Waals surface area (Å²) in [7, 11) is 0.